The molecule has 1 aromatic rings. The maximum absolute atomic E-state index is 11.8. The minimum Gasteiger partial charge on any atom is -0.475 e. The number of H-pyrrole nitrogens is 1. The molecule has 0 spiro atoms. The van der Waals surface area contributed by atoms with E-state index in [1.807, 2.05) is 0 Å². The molecule has 2 rings (SSSR count). The number of carbonyl (C=O) groups excluding carboxylic acids is 1. The molecule has 0 saturated heterocycles. The van der Waals surface area contributed by atoms with Gasteiger partial charge in [0.1, 0.15) is 0 Å². The van der Waals surface area contributed by atoms with Crippen LogP contribution in [0.25, 0.3) is 0 Å². The Balaban J connectivity index is 0.000000351. The number of nitrogens with one attached hydrogen (secondary N) is 1. The topological polar surface area (TPSA) is 124 Å². The van der Waals surface area contributed by atoms with Crippen LogP contribution < -0.4 is 0 Å². The summed E-state index contributed by atoms with van der Waals surface area (Å²) in [6.07, 6.45) is -3.93. The summed E-state index contributed by atoms with van der Waals surface area (Å²) in [5.74, 6) is -2.98. The smallest absolute Gasteiger partial charge is 0.475 e. The highest BCUT2D eigenvalue weighted by Gasteiger charge is 2.38. The predicted octanol–water partition coefficient (Wildman–Crippen LogP) is 0.0200. The van der Waals surface area contributed by atoms with Gasteiger partial charge in [0.15, 0.2) is 5.69 Å². The van der Waals surface area contributed by atoms with Crippen molar-refractivity contribution in [2.45, 2.75) is 19.3 Å². The van der Waals surface area contributed by atoms with Gasteiger partial charge in [-0.15, -0.1) is 0 Å². The van der Waals surface area contributed by atoms with E-state index in [0.717, 1.165) is 6.26 Å². The number of carboxylic acid groups (broad SMARTS) is 1. The van der Waals surface area contributed by atoms with E-state index in [1.54, 1.807) is 14.1 Å². The number of hydrogen-bond donors (Lipinski definition) is 2. The molecular weight excluding hydrogens is 357 g/mol. The van der Waals surface area contributed by atoms with Crippen LogP contribution >= 0.6 is 0 Å². The third-order valence-corrected chi connectivity index (χ3v) is 4.14. The molecule has 0 radical (unpaired) electrons. The fourth-order valence-electron chi connectivity index (χ4n) is 1.73. The number of rotatable bonds is 2. The monoisotopic (exact) mass is 372 g/mol. The Labute approximate surface area is 135 Å². The number of halogens is 3. The van der Waals surface area contributed by atoms with Crippen LogP contribution in [0.4, 0.5) is 13.2 Å². The first-order valence-electron chi connectivity index (χ1n) is 6.28. The largest absolute Gasteiger partial charge is 0.490 e. The van der Waals surface area contributed by atoms with Gasteiger partial charge in [0.05, 0.1) is 18.5 Å². The highest BCUT2D eigenvalue weighted by molar-refractivity contribution is 7.88. The molecule has 0 aliphatic carbocycles. The van der Waals surface area contributed by atoms with E-state index < -0.39 is 22.2 Å². The Hall–Kier alpha value is -2.15. The summed E-state index contributed by atoms with van der Waals surface area (Å²) in [5.41, 5.74) is 1.67. The van der Waals surface area contributed by atoms with Crippen molar-refractivity contribution >= 4 is 21.9 Å². The van der Waals surface area contributed by atoms with E-state index in [2.05, 4.69) is 10.2 Å². The average molecular weight is 372 g/mol. The number of aliphatic carboxylic acids is 1. The Morgan fingerprint density at radius 1 is 1.29 bits per heavy atom. The summed E-state index contributed by atoms with van der Waals surface area (Å²) in [6, 6.07) is 0. The molecule has 1 aliphatic rings. The van der Waals surface area contributed by atoms with Gasteiger partial charge in [-0.1, -0.05) is 0 Å². The number of nitrogens with zero attached hydrogens (tertiary/aromatic N) is 3. The molecule has 1 aromatic heterocycles. The number of amides is 1. The molecular formula is C11H15F3N4O5S. The zero-order valence-electron chi connectivity index (χ0n) is 12.9. The fraction of sp³-hybridized carbons (Fsp3) is 0.545. The number of fused-ring (bicyclic) bond motifs is 1. The predicted molar refractivity (Wildman–Crippen MR) is 74.4 cm³/mol. The average Bonchev–Trinajstić information content (AvgIpc) is 2.95. The number of carbonyl (C=O) groups is 2. The van der Waals surface area contributed by atoms with E-state index in [-0.39, 0.29) is 19.0 Å². The third kappa shape index (κ3) is 4.67. The molecule has 0 saturated carbocycles. The molecule has 0 atom stereocenters. The van der Waals surface area contributed by atoms with Gasteiger partial charge in [-0.25, -0.2) is 13.2 Å². The van der Waals surface area contributed by atoms with Gasteiger partial charge in [0.2, 0.25) is 10.0 Å². The van der Waals surface area contributed by atoms with Crippen LogP contribution in [0.1, 0.15) is 21.7 Å². The molecule has 0 fully saturated rings. The number of hydrogen-bond acceptors (Lipinski definition) is 5. The molecule has 1 aliphatic heterocycles. The summed E-state index contributed by atoms with van der Waals surface area (Å²) >= 11 is 0. The van der Waals surface area contributed by atoms with E-state index in [9.17, 15) is 26.4 Å². The van der Waals surface area contributed by atoms with Crippen molar-refractivity contribution in [2.75, 3.05) is 20.4 Å². The Morgan fingerprint density at radius 3 is 2.17 bits per heavy atom. The summed E-state index contributed by atoms with van der Waals surface area (Å²) < 4.78 is 55.9. The maximum atomic E-state index is 11.8. The van der Waals surface area contributed by atoms with Crippen molar-refractivity contribution in [3.8, 4) is 0 Å². The molecule has 24 heavy (non-hydrogen) atoms. The lowest BCUT2D eigenvalue weighted by molar-refractivity contribution is -0.192. The molecule has 0 bridgehead atoms. The molecule has 136 valence electrons. The Morgan fingerprint density at radius 2 is 1.79 bits per heavy atom. The zero-order valence-corrected chi connectivity index (χ0v) is 13.7. The van der Waals surface area contributed by atoms with E-state index in [1.165, 1.54) is 9.21 Å². The number of sulfonamides is 1. The zero-order chi connectivity index (χ0) is 18.9. The van der Waals surface area contributed by atoms with Gasteiger partial charge in [-0.3, -0.25) is 9.89 Å². The van der Waals surface area contributed by atoms with Crippen LogP contribution in [-0.4, -0.2) is 71.3 Å². The van der Waals surface area contributed by atoms with Crippen LogP contribution in [-0.2, 0) is 27.9 Å². The lowest BCUT2D eigenvalue weighted by Gasteiger charge is -2.12. The standard InChI is InChI=1S/C9H14N4O3S.C2HF3O2/c1-12(2)9(14)8-6-4-13(17(3,15)16)5-7(6)10-11-8;3-2(4,5)1(6)7/h4-5H2,1-3H3,(H,10,11);(H,6,7). The summed E-state index contributed by atoms with van der Waals surface area (Å²) in [4.78, 5) is 22.1. The normalized spacial score (nSPS) is 14.6. The van der Waals surface area contributed by atoms with Crippen LogP contribution in [0, 0.1) is 0 Å². The van der Waals surface area contributed by atoms with Gasteiger partial charge in [0.25, 0.3) is 5.91 Å². The second-order valence-electron chi connectivity index (χ2n) is 5.06. The molecule has 0 unspecified atom stereocenters. The molecule has 13 heteroatoms. The van der Waals surface area contributed by atoms with Gasteiger partial charge in [-0.05, 0) is 0 Å². The lowest BCUT2D eigenvalue weighted by atomic mass is 10.2. The molecule has 0 aromatic carbocycles. The summed E-state index contributed by atoms with van der Waals surface area (Å²) in [6.45, 7) is 0.460. The number of alkyl halides is 3. The molecule has 2 heterocycles. The summed E-state index contributed by atoms with van der Waals surface area (Å²) in [7, 11) is 0.0211. The number of aromatic nitrogens is 2. The van der Waals surface area contributed by atoms with Crippen LogP contribution in [0.15, 0.2) is 0 Å². The highest BCUT2D eigenvalue weighted by atomic mass is 32.2. The van der Waals surface area contributed by atoms with Crippen molar-refractivity contribution in [3.05, 3.63) is 17.0 Å². The van der Waals surface area contributed by atoms with Crippen LogP contribution in [0.5, 0.6) is 0 Å². The van der Waals surface area contributed by atoms with Gasteiger partial charge < -0.3 is 10.0 Å². The molecule has 9 nitrogen and oxygen atoms in total. The SMILES string of the molecule is CN(C)C(=O)c1n[nH]c2c1CN(S(C)(=O)=O)C2.O=C(O)C(F)(F)F. The van der Waals surface area contributed by atoms with Crippen LogP contribution in [0.3, 0.4) is 0 Å². The van der Waals surface area contributed by atoms with Crippen molar-refractivity contribution in [2.24, 2.45) is 0 Å². The van der Waals surface area contributed by atoms with E-state index >= 15 is 0 Å². The fourth-order valence-corrected chi connectivity index (χ4v) is 2.46. The lowest BCUT2D eigenvalue weighted by Crippen LogP contribution is -2.26. The van der Waals surface area contributed by atoms with Crippen molar-refractivity contribution < 1.29 is 36.3 Å². The minimum absolute atomic E-state index is 0.208. The first-order chi connectivity index (χ1) is 10.7. The Kier molecular flexibility index (Phi) is 5.61. The van der Waals surface area contributed by atoms with Gasteiger partial charge in [0, 0.05) is 26.2 Å². The molecule has 1 amide bonds. The summed E-state index contributed by atoms with van der Waals surface area (Å²) in [5, 5.41) is 13.8. The maximum Gasteiger partial charge on any atom is 0.490 e. The first-order valence-corrected chi connectivity index (χ1v) is 8.13. The second-order valence-corrected chi connectivity index (χ2v) is 7.05. The van der Waals surface area contributed by atoms with Crippen LogP contribution in [0.2, 0.25) is 0 Å². The third-order valence-electron chi connectivity index (χ3n) is 2.94. The first kappa shape index (κ1) is 19.9. The number of aromatic amines is 1. The van der Waals surface area contributed by atoms with Gasteiger partial charge in [-0.2, -0.15) is 22.6 Å². The van der Waals surface area contributed by atoms with E-state index in [0.29, 0.717) is 17.0 Å². The highest BCUT2D eigenvalue weighted by Crippen LogP contribution is 2.26. The van der Waals surface area contributed by atoms with E-state index in [4.69, 9.17) is 9.90 Å². The number of carboxylic acids is 1. The van der Waals surface area contributed by atoms with Gasteiger partial charge >= 0.3 is 12.1 Å². The van der Waals surface area contributed by atoms with Crippen molar-refractivity contribution in [1.82, 2.24) is 19.4 Å². The Bertz CT molecular complexity index is 741. The molecule has 2 N–H and O–H groups in total. The second kappa shape index (κ2) is 6.76. The quantitative estimate of drug-likeness (QED) is 0.754. The minimum atomic E-state index is -5.08. The van der Waals surface area contributed by atoms with Crippen molar-refractivity contribution in [3.63, 3.8) is 0 Å². The van der Waals surface area contributed by atoms with Crippen molar-refractivity contribution in [1.29, 1.82) is 0 Å².